The summed E-state index contributed by atoms with van der Waals surface area (Å²) < 4.78 is 38.4. The van der Waals surface area contributed by atoms with E-state index in [4.69, 9.17) is 0 Å². The number of hydrogen-bond donors (Lipinski definition) is 3. The lowest BCUT2D eigenvalue weighted by Gasteiger charge is -2.46. The summed E-state index contributed by atoms with van der Waals surface area (Å²) in [6.07, 6.45) is 2.64. The van der Waals surface area contributed by atoms with Crippen LogP contribution in [0.5, 0.6) is 5.75 Å². The lowest BCUT2D eigenvalue weighted by Crippen LogP contribution is -2.63. The summed E-state index contributed by atoms with van der Waals surface area (Å²) in [4.78, 5) is 30.5. The van der Waals surface area contributed by atoms with Crippen LogP contribution in [-0.4, -0.2) is 58.5 Å². The Morgan fingerprint density at radius 3 is 2.53 bits per heavy atom. The highest BCUT2D eigenvalue weighted by Crippen LogP contribution is 2.38. The first-order valence-electron chi connectivity index (χ1n) is 11.3. The van der Waals surface area contributed by atoms with Gasteiger partial charge in [-0.1, -0.05) is 6.07 Å². The third-order valence-electron chi connectivity index (χ3n) is 6.62. The van der Waals surface area contributed by atoms with Gasteiger partial charge in [0, 0.05) is 36.5 Å². The molecule has 1 aliphatic carbocycles. The van der Waals surface area contributed by atoms with E-state index in [0.717, 1.165) is 62.5 Å². The third kappa shape index (κ3) is 5.67. The van der Waals surface area contributed by atoms with E-state index in [1.54, 1.807) is 6.20 Å². The summed E-state index contributed by atoms with van der Waals surface area (Å²) >= 11 is 0. The minimum Gasteiger partial charge on any atom is -0.506 e. The van der Waals surface area contributed by atoms with Gasteiger partial charge < -0.3 is 15.7 Å². The van der Waals surface area contributed by atoms with Crippen LogP contribution in [0.1, 0.15) is 53.1 Å². The molecule has 2 heterocycles. The number of halogens is 3. The molecule has 1 saturated carbocycles. The molecule has 2 aliphatic rings. The van der Waals surface area contributed by atoms with Crippen molar-refractivity contribution in [2.24, 2.45) is 0 Å². The van der Waals surface area contributed by atoms with Crippen LogP contribution in [0.15, 0.2) is 42.7 Å². The highest BCUT2D eigenvalue weighted by atomic mass is 19.4. The van der Waals surface area contributed by atoms with Crippen molar-refractivity contribution < 1.29 is 27.9 Å². The zero-order valence-electron chi connectivity index (χ0n) is 18.5. The van der Waals surface area contributed by atoms with Crippen LogP contribution in [0.3, 0.4) is 0 Å². The second kappa shape index (κ2) is 10.0. The first kappa shape index (κ1) is 24.0. The molecule has 2 amide bonds. The Morgan fingerprint density at radius 2 is 1.85 bits per heavy atom. The molecule has 0 bridgehead atoms. The molecule has 1 aliphatic heterocycles. The normalized spacial score (nSPS) is 21.5. The molecule has 182 valence electrons. The molecular weight excluding hydrogens is 449 g/mol. The fourth-order valence-electron chi connectivity index (χ4n) is 4.77. The molecule has 3 N–H and O–H groups in total. The molecule has 0 unspecified atom stereocenters. The third-order valence-corrected chi connectivity index (χ3v) is 6.62. The number of carbonyl (C=O) groups is 2. The Morgan fingerprint density at radius 1 is 1.12 bits per heavy atom. The molecule has 7 nitrogen and oxygen atoms in total. The zero-order valence-corrected chi connectivity index (χ0v) is 18.5. The van der Waals surface area contributed by atoms with Gasteiger partial charge in [-0.2, -0.15) is 13.2 Å². The first-order valence-corrected chi connectivity index (χ1v) is 11.3. The van der Waals surface area contributed by atoms with Crippen molar-refractivity contribution in [1.29, 1.82) is 0 Å². The molecule has 0 atom stereocenters. The molecule has 1 saturated heterocycles. The van der Waals surface area contributed by atoms with Crippen molar-refractivity contribution in [3.63, 3.8) is 0 Å². The summed E-state index contributed by atoms with van der Waals surface area (Å²) in [5, 5.41) is 15.2. The van der Waals surface area contributed by atoms with Gasteiger partial charge in [-0.15, -0.1) is 0 Å². The fourth-order valence-corrected chi connectivity index (χ4v) is 4.77. The number of pyridine rings is 1. The molecule has 2 fully saturated rings. The summed E-state index contributed by atoms with van der Waals surface area (Å²) in [6.45, 7) is 1.15. The molecule has 1 aromatic carbocycles. The number of nitrogens with zero attached hydrogens (tertiary/aromatic N) is 2. The number of aromatic nitrogens is 1. The first-order chi connectivity index (χ1) is 16.2. The Kier molecular flexibility index (Phi) is 7.06. The number of nitrogens with one attached hydrogen (secondary N) is 2. The Balaban J connectivity index is 1.16. The molecule has 1 aromatic heterocycles. The topological polar surface area (TPSA) is 94.6 Å². The average Bonchev–Trinajstić information content (AvgIpc) is 2.79. The fraction of sp³-hybridized carbons (Fsp3) is 0.458. The number of likely N-dealkylation sites (tertiary alicyclic amines) is 1. The highest BCUT2D eigenvalue weighted by molar-refractivity contribution is 5.96. The molecule has 34 heavy (non-hydrogen) atoms. The molecule has 4 rings (SSSR count). The lowest BCUT2D eigenvalue weighted by atomic mass is 9.80. The van der Waals surface area contributed by atoms with Gasteiger partial charge in [-0.3, -0.25) is 19.5 Å². The van der Waals surface area contributed by atoms with Gasteiger partial charge >= 0.3 is 6.18 Å². The smallest absolute Gasteiger partial charge is 0.416 e. The molecule has 10 heteroatoms. The number of alkyl halides is 3. The van der Waals surface area contributed by atoms with Gasteiger partial charge in [-0.25, -0.2) is 0 Å². The summed E-state index contributed by atoms with van der Waals surface area (Å²) in [5.74, 6) is -0.524. The van der Waals surface area contributed by atoms with Crippen LogP contribution in [0, 0.1) is 0 Å². The number of rotatable bonds is 6. The predicted molar refractivity (Wildman–Crippen MR) is 118 cm³/mol. The summed E-state index contributed by atoms with van der Waals surface area (Å²) in [5.41, 5.74) is -0.103. The Hall–Kier alpha value is -3.14. The van der Waals surface area contributed by atoms with Crippen molar-refractivity contribution >= 4 is 11.8 Å². The second-order valence-corrected chi connectivity index (χ2v) is 8.92. The van der Waals surface area contributed by atoms with E-state index in [1.165, 1.54) is 12.3 Å². The second-order valence-electron chi connectivity index (χ2n) is 8.92. The van der Waals surface area contributed by atoms with Crippen molar-refractivity contribution in [3.05, 3.63) is 59.4 Å². The van der Waals surface area contributed by atoms with Gasteiger partial charge in [-0.05, 0) is 55.9 Å². The van der Waals surface area contributed by atoms with Crippen LogP contribution < -0.4 is 10.6 Å². The molecule has 2 aromatic rings. The quantitative estimate of drug-likeness (QED) is 0.596. The van der Waals surface area contributed by atoms with Crippen molar-refractivity contribution in [2.45, 2.75) is 49.9 Å². The highest BCUT2D eigenvalue weighted by Gasteiger charge is 2.36. The van der Waals surface area contributed by atoms with E-state index >= 15 is 0 Å². The summed E-state index contributed by atoms with van der Waals surface area (Å²) in [6, 6.07) is 6.39. The number of benzene rings is 1. The minimum atomic E-state index is -4.54. The van der Waals surface area contributed by atoms with Crippen molar-refractivity contribution in [1.82, 2.24) is 20.5 Å². The van der Waals surface area contributed by atoms with Crippen LogP contribution >= 0.6 is 0 Å². The van der Waals surface area contributed by atoms with Gasteiger partial charge in [0.1, 0.15) is 5.75 Å². The number of aromatic hydroxyl groups is 1. The van der Waals surface area contributed by atoms with Gasteiger partial charge in [0.05, 0.1) is 24.3 Å². The van der Waals surface area contributed by atoms with E-state index in [9.17, 15) is 27.9 Å². The van der Waals surface area contributed by atoms with E-state index < -0.39 is 17.6 Å². The van der Waals surface area contributed by atoms with Gasteiger partial charge in [0.25, 0.3) is 5.91 Å². The largest absolute Gasteiger partial charge is 0.506 e. The lowest BCUT2D eigenvalue weighted by molar-refractivity contribution is -0.137. The van der Waals surface area contributed by atoms with Gasteiger partial charge in [0.15, 0.2) is 0 Å². The Bertz CT molecular complexity index is 1030. The van der Waals surface area contributed by atoms with E-state index in [0.29, 0.717) is 12.0 Å². The van der Waals surface area contributed by atoms with Crippen LogP contribution in [0.25, 0.3) is 0 Å². The summed E-state index contributed by atoms with van der Waals surface area (Å²) in [7, 11) is 0. The van der Waals surface area contributed by atoms with E-state index in [2.05, 4.69) is 20.5 Å². The standard InChI is InChI=1S/C24H27F3N4O3/c25-24(26,27)17-3-1-2-16(10-17)23(34)29-12-22(33)30-18-13-31(14-18)19-6-4-15(5-7-19)20-8-9-28-11-21(20)32/h1-3,8-11,15,18-19,32H,4-7,12-14H2,(H,29,34)(H,30,33)/t15-,19+. The maximum atomic E-state index is 12.8. The molecular formula is C24H27F3N4O3. The number of hydrogen-bond acceptors (Lipinski definition) is 5. The van der Waals surface area contributed by atoms with E-state index in [-0.39, 0.29) is 29.8 Å². The predicted octanol–water partition coefficient (Wildman–Crippen LogP) is 3.06. The van der Waals surface area contributed by atoms with Gasteiger partial charge in [0.2, 0.25) is 5.91 Å². The monoisotopic (exact) mass is 476 g/mol. The maximum absolute atomic E-state index is 12.8. The van der Waals surface area contributed by atoms with Crippen molar-refractivity contribution in [3.8, 4) is 5.75 Å². The van der Waals surface area contributed by atoms with Crippen LogP contribution in [0.2, 0.25) is 0 Å². The maximum Gasteiger partial charge on any atom is 0.416 e. The molecule has 0 spiro atoms. The average molecular weight is 476 g/mol. The molecule has 0 radical (unpaired) electrons. The van der Waals surface area contributed by atoms with E-state index in [1.807, 2.05) is 6.07 Å². The van der Waals surface area contributed by atoms with Crippen LogP contribution in [0.4, 0.5) is 13.2 Å². The number of amides is 2. The minimum absolute atomic E-state index is 0.0140. The van der Waals surface area contributed by atoms with Crippen molar-refractivity contribution in [2.75, 3.05) is 19.6 Å². The van der Waals surface area contributed by atoms with Crippen LogP contribution in [-0.2, 0) is 11.0 Å². The Labute approximate surface area is 195 Å². The zero-order chi connectivity index (χ0) is 24.3. The SMILES string of the molecule is O=C(CNC(=O)c1cccc(C(F)(F)F)c1)NC1CN([C@H]2CC[C@@H](c3ccncc3O)CC2)C1. The number of carbonyl (C=O) groups excluding carboxylic acids is 2.